The fraction of sp³-hybridized carbons (Fsp3) is 0.100. The molecule has 1 heterocycles. The molecule has 1 aromatic heterocycles. The molecule has 0 fully saturated rings. The Bertz CT molecular complexity index is 526. The van der Waals surface area contributed by atoms with E-state index in [2.05, 4.69) is 22.5 Å². The van der Waals surface area contributed by atoms with Gasteiger partial charge in [-0.2, -0.15) is 0 Å². The van der Waals surface area contributed by atoms with Crippen LogP contribution < -0.4 is 4.72 Å². The van der Waals surface area contributed by atoms with Gasteiger partial charge in [0, 0.05) is 0 Å². The van der Waals surface area contributed by atoms with Crippen LogP contribution in [0.4, 0.5) is 11.6 Å². The molecule has 7 heteroatoms. The average molecular weight is 250 g/mol. The first-order valence-corrected chi connectivity index (χ1v) is 5.30. The van der Waals surface area contributed by atoms with Crippen LogP contribution in [0.5, 0.6) is 0 Å². The van der Waals surface area contributed by atoms with Crippen molar-refractivity contribution < 1.29 is 4.92 Å². The Labute approximate surface area is 103 Å². The van der Waals surface area contributed by atoms with E-state index in [1.165, 1.54) is 6.33 Å². The summed E-state index contributed by atoms with van der Waals surface area (Å²) in [6, 6.07) is 9.61. The molecular formula is C10H10N4O2S. The van der Waals surface area contributed by atoms with E-state index in [0.717, 1.165) is 5.56 Å². The summed E-state index contributed by atoms with van der Waals surface area (Å²) >= 11 is 3.86. The molecule has 0 bridgehead atoms. The Balaban J connectivity index is 2.31. The summed E-state index contributed by atoms with van der Waals surface area (Å²) in [5.41, 5.74) is 1.03. The SMILES string of the molecule is O=[N+]([O-])c1ncn(Cc2ccccc2)c1NS. The number of aromatic nitrogens is 2. The van der Waals surface area contributed by atoms with Crippen molar-refractivity contribution in [2.24, 2.45) is 0 Å². The maximum atomic E-state index is 10.7. The first-order chi connectivity index (χ1) is 8.22. The van der Waals surface area contributed by atoms with Crippen LogP contribution in [-0.4, -0.2) is 14.5 Å². The van der Waals surface area contributed by atoms with Gasteiger partial charge < -0.3 is 14.8 Å². The molecule has 0 spiro atoms. The minimum absolute atomic E-state index is 0.226. The van der Waals surface area contributed by atoms with Crippen LogP contribution in [0.2, 0.25) is 0 Å². The molecule has 17 heavy (non-hydrogen) atoms. The number of hydrogen-bond donors (Lipinski definition) is 2. The molecule has 0 aliphatic rings. The molecule has 0 aliphatic heterocycles. The van der Waals surface area contributed by atoms with Gasteiger partial charge in [-0.3, -0.25) is 4.57 Å². The lowest BCUT2D eigenvalue weighted by atomic mass is 10.2. The standard InChI is InChI=1S/C10H10N4O2S/c15-14(16)9-10(12-17)13(7-11-9)6-8-4-2-1-3-5-8/h1-5,7,12,17H,6H2. The molecule has 2 rings (SSSR count). The second-order valence-corrected chi connectivity index (χ2v) is 3.62. The van der Waals surface area contributed by atoms with Gasteiger partial charge in [0.25, 0.3) is 0 Å². The highest BCUT2D eigenvalue weighted by molar-refractivity contribution is 7.81. The van der Waals surface area contributed by atoms with E-state index in [-0.39, 0.29) is 11.6 Å². The van der Waals surface area contributed by atoms with Gasteiger partial charge in [-0.05, 0) is 15.5 Å². The number of anilines is 1. The number of nitro groups is 1. The van der Waals surface area contributed by atoms with Gasteiger partial charge in [0.05, 0.1) is 6.54 Å². The number of benzene rings is 1. The molecular weight excluding hydrogens is 240 g/mol. The lowest BCUT2D eigenvalue weighted by Crippen LogP contribution is -2.02. The molecule has 0 unspecified atom stereocenters. The summed E-state index contributed by atoms with van der Waals surface area (Å²) in [7, 11) is 0. The van der Waals surface area contributed by atoms with Gasteiger partial charge in [0.2, 0.25) is 12.1 Å². The summed E-state index contributed by atoms with van der Waals surface area (Å²) in [5.74, 6) is 0.0538. The Hall–Kier alpha value is -2.02. The number of hydrogen-bond acceptors (Lipinski definition) is 5. The molecule has 0 radical (unpaired) electrons. The fourth-order valence-corrected chi connectivity index (χ4v) is 1.75. The van der Waals surface area contributed by atoms with E-state index >= 15 is 0 Å². The van der Waals surface area contributed by atoms with Crippen LogP contribution >= 0.6 is 12.8 Å². The topological polar surface area (TPSA) is 73.0 Å². The first-order valence-electron chi connectivity index (χ1n) is 4.86. The minimum atomic E-state index is -0.542. The van der Waals surface area contributed by atoms with Crippen molar-refractivity contribution in [1.82, 2.24) is 9.55 Å². The number of rotatable bonds is 4. The Morgan fingerprint density at radius 1 is 1.41 bits per heavy atom. The van der Waals surface area contributed by atoms with E-state index < -0.39 is 4.92 Å². The third kappa shape index (κ3) is 2.39. The largest absolute Gasteiger partial charge is 0.407 e. The summed E-state index contributed by atoms with van der Waals surface area (Å²) < 4.78 is 4.14. The summed E-state index contributed by atoms with van der Waals surface area (Å²) in [5, 5.41) is 10.7. The molecule has 2 aromatic rings. The molecule has 1 aromatic carbocycles. The zero-order chi connectivity index (χ0) is 12.3. The summed E-state index contributed by atoms with van der Waals surface area (Å²) in [6.45, 7) is 0.505. The predicted molar refractivity (Wildman–Crippen MR) is 67.0 cm³/mol. The number of imidazole rings is 1. The van der Waals surface area contributed by atoms with E-state index in [4.69, 9.17) is 0 Å². The number of thiol groups is 1. The zero-order valence-electron chi connectivity index (χ0n) is 8.78. The lowest BCUT2D eigenvalue weighted by Gasteiger charge is -2.05. The van der Waals surface area contributed by atoms with Gasteiger partial charge in [0.15, 0.2) is 0 Å². The molecule has 0 aliphatic carbocycles. The van der Waals surface area contributed by atoms with Crippen molar-refractivity contribution in [3.05, 3.63) is 52.3 Å². The van der Waals surface area contributed by atoms with Crippen LogP contribution in [0, 0.1) is 10.1 Å². The average Bonchev–Trinajstić information content (AvgIpc) is 2.73. The van der Waals surface area contributed by atoms with Gasteiger partial charge in [-0.25, -0.2) is 0 Å². The van der Waals surface area contributed by atoms with Crippen LogP contribution in [-0.2, 0) is 6.54 Å². The monoisotopic (exact) mass is 250 g/mol. The molecule has 0 saturated carbocycles. The minimum Gasteiger partial charge on any atom is -0.358 e. The Morgan fingerprint density at radius 3 is 2.71 bits per heavy atom. The maximum Gasteiger partial charge on any atom is 0.407 e. The zero-order valence-corrected chi connectivity index (χ0v) is 9.67. The van der Waals surface area contributed by atoms with Crippen LogP contribution in [0.1, 0.15) is 5.56 Å². The van der Waals surface area contributed by atoms with Gasteiger partial charge >= 0.3 is 5.82 Å². The number of nitrogens with one attached hydrogen (secondary N) is 1. The fourth-order valence-electron chi connectivity index (χ4n) is 1.52. The van der Waals surface area contributed by atoms with Gasteiger partial charge in [0.1, 0.15) is 0 Å². The van der Waals surface area contributed by atoms with Crippen molar-refractivity contribution in [3.8, 4) is 0 Å². The first kappa shape index (κ1) is 11.5. The van der Waals surface area contributed by atoms with Crippen molar-refractivity contribution in [2.75, 3.05) is 4.72 Å². The van der Waals surface area contributed by atoms with Gasteiger partial charge in [-0.15, -0.1) is 0 Å². The van der Waals surface area contributed by atoms with Crippen LogP contribution in [0.15, 0.2) is 36.7 Å². The molecule has 0 amide bonds. The molecule has 6 nitrogen and oxygen atoms in total. The van der Waals surface area contributed by atoms with E-state index in [1.54, 1.807) is 4.57 Å². The van der Waals surface area contributed by atoms with E-state index in [9.17, 15) is 10.1 Å². The lowest BCUT2D eigenvalue weighted by molar-refractivity contribution is -0.388. The van der Waals surface area contributed by atoms with Crippen LogP contribution in [0.3, 0.4) is 0 Å². The van der Waals surface area contributed by atoms with Gasteiger partial charge in [-0.1, -0.05) is 43.1 Å². The summed E-state index contributed by atoms with van der Waals surface area (Å²) in [6.07, 6.45) is 1.42. The Morgan fingerprint density at radius 2 is 2.12 bits per heavy atom. The van der Waals surface area contributed by atoms with Crippen molar-refractivity contribution in [2.45, 2.75) is 6.54 Å². The highest BCUT2D eigenvalue weighted by Crippen LogP contribution is 2.23. The third-order valence-corrected chi connectivity index (χ3v) is 2.50. The third-order valence-electron chi connectivity index (χ3n) is 2.29. The highest BCUT2D eigenvalue weighted by Gasteiger charge is 2.20. The molecule has 0 saturated heterocycles. The quantitative estimate of drug-likeness (QED) is 0.495. The van der Waals surface area contributed by atoms with Crippen molar-refractivity contribution in [3.63, 3.8) is 0 Å². The van der Waals surface area contributed by atoms with Crippen LogP contribution in [0.25, 0.3) is 0 Å². The van der Waals surface area contributed by atoms with Crippen molar-refractivity contribution >= 4 is 24.5 Å². The molecule has 1 N–H and O–H groups in total. The second kappa shape index (κ2) is 4.88. The Kier molecular flexibility index (Phi) is 3.29. The maximum absolute atomic E-state index is 10.7. The predicted octanol–water partition coefficient (Wildman–Crippen LogP) is 2.10. The number of nitrogens with zero attached hydrogens (tertiary/aromatic N) is 3. The van der Waals surface area contributed by atoms with Crippen molar-refractivity contribution in [1.29, 1.82) is 0 Å². The smallest absolute Gasteiger partial charge is 0.358 e. The highest BCUT2D eigenvalue weighted by atomic mass is 32.1. The second-order valence-electron chi connectivity index (χ2n) is 3.40. The molecule has 0 atom stereocenters. The van der Waals surface area contributed by atoms with E-state index in [1.807, 2.05) is 30.3 Å². The normalized spacial score (nSPS) is 10.2. The summed E-state index contributed by atoms with van der Waals surface area (Å²) in [4.78, 5) is 13.9. The molecule has 88 valence electrons. The van der Waals surface area contributed by atoms with E-state index in [0.29, 0.717) is 6.54 Å².